The van der Waals surface area contributed by atoms with E-state index < -0.39 is 18.1 Å². The number of nitrogens with zero attached hydrogens (tertiary/aromatic N) is 3. The summed E-state index contributed by atoms with van der Waals surface area (Å²) in [4.78, 5) is 7.32. The van der Waals surface area contributed by atoms with Crippen molar-refractivity contribution in [3.05, 3.63) is 471 Å². The Morgan fingerprint density at radius 2 is 0.569 bits per heavy atom. The number of rotatable bonds is 19. The van der Waals surface area contributed by atoms with Gasteiger partial charge in [-0.1, -0.05) is 369 Å². The van der Waals surface area contributed by atoms with E-state index in [1.165, 1.54) is 73.7 Å². The highest BCUT2D eigenvalue weighted by molar-refractivity contribution is 8.34. The number of nitrogens with one attached hydrogen (secondary N) is 1. The van der Waals surface area contributed by atoms with Gasteiger partial charge >= 0.3 is 0 Å². The van der Waals surface area contributed by atoms with Gasteiger partial charge < -0.3 is 9.47 Å². The molecule has 0 spiro atoms. The minimum atomic E-state index is -2.75. The number of benzene rings is 17. The smallest absolute Gasteiger partial charge is 0.179 e. The summed E-state index contributed by atoms with van der Waals surface area (Å²) in [6.07, 6.45) is 4.18. The van der Waals surface area contributed by atoms with E-state index in [9.17, 15) is 5.41 Å². The summed E-state index contributed by atoms with van der Waals surface area (Å²) >= 11 is 4.78. The summed E-state index contributed by atoms with van der Waals surface area (Å²) in [5.41, 5.74) is 24.7. The second-order valence-corrected chi connectivity index (χ2v) is 41.2. The zero-order chi connectivity index (χ0) is 83.8. The van der Waals surface area contributed by atoms with Crippen molar-refractivity contribution in [2.75, 3.05) is 4.90 Å². The predicted octanol–water partition coefficient (Wildman–Crippen LogP) is 28.5. The van der Waals surface area contributed by atoms with Crippen molar-refractivity contribution in [2.45, 2.75) is 72.0 Å². The number of thiol groups is 1. The highest BCUT2D eigenvalue weighted by atomic mass is 32.3. The summed E-state index contributed by atoms with van der Waals surface area (Å²) in [7, 11) is -4.63. The van der Waals surface area contributed by atoms with Gasteiger partial charge in [-0.25, -0.2) is 4.40 Å². The normalized spacial score (nSPS) is 13.1. The predicted molar refractivity (Wildman–Crippen MR) is 530 cm³/mol. The summed E-state index contributed by atoms with van der Waals surface area (Å²) < 4.78 is 7.14. The van der Waals surface area contributed by atoms with Crippen LogP contribution in [0.15, 0.2) is 479 Å². The van der Waals surface area contributed by atoms with E-state index in [2.05, 4.69) is 500 Å². The van der Waals surface area contributed by atoms with Crippen molar-refractivity contribution in [2.24, 2.45) is 4.40 Å². The Labute approximate surface area is 731 Å². The fraction of sp³-hybridized carbons (Fsp3) is 0.0690. The van der Waals surface area contributed by atoms with Crippen molar-refractivity contribution in [3.8, 4) is 72.4 Å². The lowest BCUT2D eigenvalue weighted by molar-refractivity contribution is 0.590. The summed E-state index contributed by atoms with van der Waals surface area (Å²) in [5, 5.41) is 17.9. The molecule has 594 valence electrons. The number of allylic oxidation sites excluding steroid dienone is 4. The third-order valence-corrected chi connectivity index (χ3v) is 33.6. The Kier molecular flexibility index (Phi) is 21.3. The van der Waals surface area contributed by atoms with E-state index in [0.717, 1.165) is 100 Å². The van der Waals surface area contributed by atoms with Crippen molar-refractivity contribution in [1.82, 2.24) is 4.57 Å². The average Bonchev–Trinajstić information content (AvgIpc) is 1.55. The van der Waals surface area contributed by atoms with Gasteiger partial charge in [-0.15, -0.1) is 10.0 Å². The molecule has 0 amide bonds. The standard InChI is InChI=1S/C116H94N4S2Si/c1-115(2,3)94-61-45-83(46-62-94)81-37-41-89(42-38-81)92-59-76-110-108(79-92)109-80-93(90-43-39-82(40-44-90)84-47-63-95(64-48-84)116(4,5)6)60-77-111(109)120(110)98-69-53-91(54-70-98)107-75-78-112(114(118-121)113(107)117)119(96-65-49-85(50-66-96)87-55-71-102(72-56-87)122(99-25-13-7-14-26-99,100-27-15-8-16-28-100)101-29-17-9-18-30-101)97-67-51-86(52-68-97)88-57-73-106(74-58-88)123(103-31-19-10-20-32-103,104-33-21-11-22-34-104)105-35-23-12-24-36-105/h7-80,117,121H,1-6H3/b117-113?,118-114-. The molecule has 0 unspecified atom stereocenters. The van der Waals surface area contributed by atoms with Crippen molar-refractivity contribution in [1.29, 1.82) is 5.41 Å². The third kappa shape index (κ3) is 15.0. The summed E-state index contributed by atoms with van der Waals surface area (Å²) in [6.45, 7) is 13.6. The van der Waals surface area contributed by atoms with Crippen molar-refractivity contribution < 1.29 is 0 Å². The maximum atomic E-state index is 10.3. The number of aromatic nitrogens is 1. The monoisotopic (exact) mass is 1630 g/mol. The largest absolute Gasteiger partial charge is 0.309 e. The summed E-state index contributed by atoms with van der Waals surface area (Å²) in [6, 6.07) is 161. The van der Waals surface area contributed by atoms with Gasteiger partial charge in [-0.2, -0.15) is 0 Å². The molecule has 0 radical (unpaired) electrons. The van der Waals surface area contributed by atoms with E-state index in [-0.39, 0.29) is 16.5 Å². The Balaban J connectivity index is 0.680. The van der Waals surface area contributed by atoms with Crippen molar-refractivity contribution in [3.63, 3.8) is 0 Å². The zero-order valence-corrected chi connectivity index (χ0v) is 72.6. The van der Waals surface area contributed by atoms with E-state index in [1.54, 1.807) is 0 Å². The van der Waals surface area contributed by atoms with Gasteiger partial charge in [0.25, 0.3) is 0 Å². The lowest BCUT2D eigenvalue weighted by atomic mass is 9.86. The average molecular weight is 1640 g/mol. The van der Waals surface area contributed by atoms with Crippen LogP contribution < -0.4 is 25.6 Å². The molecular formula is C116H94N4S2Si. The molecule has 1 heterocycles. The van der Waals surface area contributed by atoms with E-state index in [4.69, 9.17) is 17.2 Å². The molecule has 17 aromatic carbocycles. The maximum absolute atomic E-state index is 10.3. The fourth-order valence-electron chi connectivity index (χ4n) is 18.1. The van der Waals surface area contributed by atoms with Gasteiger partial charge in [0.15, 0.2) is 8.07 Å². The Morgan fingerprint density at radius 3 is 0.911 bits per heavy atom. The first-order chi connectivity index (χ1) is 60.1. The van der Waals surface area contributed by atoms with Crippen LogP contribution in [0.3, 0.4) is 0 Å². The Hall–Kier alpha value is -13.9. The Bertz CT molecular complexity index is 6380. The SMILES string of the molecule is CC(C)(C)c1ccc(-c2ccc(-c3ccc4c(c3)c3cc(-c5ccc(-c6ccc(C(C)(C)C)cc6)cc5)ccc3n4-c3ccc(C4=CC=C(N(c5ccc(-c6ccc([Si](c7ccccc7)(c7ccccc7)c7ccccc7)cc6)cc5)c5ccc(-c6ccc(S(c7ccccc7)(c7ccccc7)c7ccccc7)cc6)cc5)/C(=N/S)C4=N)cc3)cc2)cc1. The van der Waals surface area contributed by atoms with Gasteiger partial charge in [-0.05, 0) is 249 Å². The maximum Gasteiger partial charge on any atom is 0.179 e. The van der Waals surface area contributed by atoms with Crippen LogP contribution in [0.2, 0.25) is 0 Å². The van der Waals surface area contributed by atoms with Gasteiger partial charge in [-0.3, -0.25) is 5.41 Å². The third-order valence-electron chi connectivity index (χ3n) is 24.7. The highest BCUT2D eigenvalue weighted by Crippen LogP contribution is 2.73. The lowest BCUT2D eigenvalue weighted by Crippen LogP contribution is -2.74. The molecule has 1 aliphatic rings. The molecule has 4 nitrogen and oxygen atoms in total. The highest BCUT2D eigenvalue weighted by Gasteiger charge is 2.42. The zero-order valence-electron chi connectivity index (χ0n) is 69.9. The number of anilines is 2. The molecule has 1 aliphatic carbocycles. The molecule has 18 aromatic rings. The molecule has 0 atom stereocenters. The topological polar surface area (TPSA) is 44.4 Å². The van der Waals surface area contributed by atoms with Crippen LogP contribution in [0, 0.1) is 5.41 Å². The van der Waals surface area contributed by atoms with E-state index in [1.807, 2.05) is 0 Å². The molecule has 1 N–H and O–H groups in total. The first-order valence-corrected chi connectivity index (χ1v) is 46.4. The van der Waals surface area contributed by atoms with Crippen LogP contribution >= 0.6 is 22.8 Å². The second kappa shape index (κ2) is 33.2. The molecule has 0 saturated heterocycles. The van der Waals surface area contributed by atoms with E-state index >= 15 is 0 Å². The van der Waals surface area contributed by atoms with Gasteiger partial charge in [0, 0.05) is 53.0 Å². The van der Waals surface area contributed by atoms with Crippen LogP contribution in [0.1, 0.15) is 58.2 Å². The van der Waals surface area contributed by atoms with Crippen LogP contribution in [0.4, 0.5) is 11.4 Å². The van der Waals surface area contributed by atoms with Crippen LogP contribution in [0.25, 0.3) is 99.8 Å². The molecule has 0 bridgehead atoms. The van der Waals surface area contributed by atoms with Crippen molar-refractivity contribution >= 4 is 102 Å². The van der Waals surface area contributed by atoms with Crippen LogP contribution in [0.5, 0.6) is 0 Å². The second-order valence-electron chi connectivity index (χ2n) is 34.0. The molecule has 0 aliphatic heterocycles. The minimum absolute atomic E-state index is 0.0837. The minimum Gasteiger partial charge on any atom is -0.309 e. The molecule has 0 fully saturated rings. The van der Waals surface area contributed by atoms with Gasteiger partial charge in [0.1, 0.15) is 5.71 Å². The van der Waals surface area contributed by atoms with Gasteiger partial charge in [0.05, 0.1) is 22.4 Å². The Morgan fingerprint density at radius 1 is 0.293 bits per heavy atom. The summed E-state index contributed by atoms with van der Waals surface area (Å²) in [5.74, 6) is 0. The molecular weight excluding hydrogens is 1540 g/mol. The fourth-order valence-corrected chi connectivity index (χ4v) is 27.0. The molecule has 19 rings (SSSR count). The lowest BCUT2D eigenvalue weighted by Gasteiger charge is -2.42. The molecule has 0 saturated carbocycles. The van der Waals surface area contributed by atoms with Gasteiger partial charge in [0.2, 0.25) is 0 Å². The quantitative estimate of drug-likeness (QED) is 0.0360. The molecule has 7 heteroatoms. The number of hydrogen-bond donors (Lipinski definition) is 2. The molecule has 123 heavy (non-hydrogen) atoms. The molecule has 1 aromatic heterocycles. The first kappa shape index (κ1) is 78.9. The first-order valence-electron chi connectivity index (χ1n) is 42.3. The number of fused-ring (bicyclic) bond motifs is 3. The van der Waals surface area contributed by atoms with Crippen LogP contribution in [-0.2, 0) is 10.8 Å². The van der Waals surface area contributed by atoms with Crippen LogP contribution in [-0.4, -0.2) is 24.1 Å². The van der Waals surface area contributed by atoms with E-state index in [0.29, 0.717) is 5.71 Å². The number of hydrogen-bond acceptors (Lipinski definition) is 4.